The van der Waals surface area contributed by atoms with Crippen LogP contribution in [0.3, 0.4) is 0 Å². The molecule has 2 saturated heterocycles. The van der Waals surface area contributed by atoms with Crippen LogP contribution < -0.4 is 19.3 Å². The number of hydrogen-bond acceptors (Lipinski definition) is 8. The first kappa shape index (κ1) is 20.1. The van der Waals surface area contributed by atoms with Crippen LogP contribution in [0.2, 0.25) is 0 Å². The summed E-state index contributed by atoms with van der Waals surface area (Å²) in [6.07, 6.45) is -0.852. The topological polar surface area (TPSA) is 101 Å². The zero-order chi connectivity index (χ0) is 21.3. The van der Waals surface area contributed by atoms with Gasteiger partial charge in [0.1, 0.15) is 5.75 Å². The SMILES string of the molecule is O=C1[C@H](Oc2ccc(OCC(F)(F)F)nc2)CCN1c1cnc(N2CC(O)C2)nc1. The molecule has 30 heavy (non-hydrogen) atoms. The first-order valence-electron chi connectivity index (χ1n) is 9.17. The normalized spacial score (nSPS) is 19.7. The second-order valence-corrected chi connectivity index (χ2v) is 6.92. The Morgan fingerprint density at radius 3 is 2.47 bits per heavy atom. The van der Waals surface area contributed by atoms with Crippen LogP contribution >= 0.6 is 0 Å². The summed E-state index contributed by atoms with van der Waals surface area (Å²) in [5.41, 5.74) is 0.532. The monoisotopic (exact) mass is 425 g/mol. The van der Waals surface area contributed by atoms with Gasteiger partial charge < -0.3 is 24.4 Å². The maximum absolute atomic E-state index is 12.7. The molecule has 0 aromatic carbocycles. The fourth-order valence-electron chi connectivity index (χ4n) is 3.10. The van der Waals surface area contributed by atoms with E-state index in [4.69, 9.17) is 4.74 Å². The number of anilines is 2. The molecule has 2 fully saturated rings. The number of halogens is 3. The minimum absolute atomic E-state index is 0.189. The van der Waals surface area contributed by atoms with Crippen LogP contribution in [0.4, 0.5) is 24.8 Å². The van der Waals surface area contributed by atoms with E-state index in [0.717, 1.165) is 0 Å². The fourth-order valence-corrected chi connectivity index (χ4v) is 3.10. The van der Waals surface area contributed by atoms with Crippen molar-refractivity contribution in [1.82, 2.24) is 15.0 Å². The highest BCUT2D eigenvalue weighted by Crippen LogP contribution is 2.26. The maximum atomic E-state index is 12.7. The summed E-state index contributed by atoms with van der Waals surface area (Å²) < 4.78 is 46.7. The molecule has 4 rings (SSSR count). The van der Waals surface area contributed by atoms with Gasteiger partial charge in [0.25, 0.3) is 5.91 Å². The van der Waals surface area contributed by atoms with Gasteiger partial charge in [-0.1, -0.05) is 0 Å². The molecule has 0 spiro atoms. The lowest BCUT2D eigenvalue weighted by Crippen LogP contribution is -2.51. The average Bonchev–Trinajstić information content (AvgIpc) is 3.05. The van der Waals surface area contributed by atoms with E-state index in [1.807, 2.05) is 4.90 Å². The number of alkyl halides is 3. The van der Waals surface area contributed by atoms with Crippen molar-refractivity contribution in [2.45, 2.75) is 24.8 Å². The molecule has 0 unspecified atom stereocenters. The van der Waals surface area contributed by atoms with Crippen LogP contribution in [-0.4, -0.2) is 70.6 Å². The number of rotatable bonds is 6. The highest BCUT2D eigenvalue weighted by atomic mass is 19.4. The molecule has 2 aliphatic heterocycles. The molecule has 0 radical (unpaired) electrons. The number of aliphatic hydroxyl groups excluding tert-OH is 1. The highest BCUT2D eigenvalue weighted by Gasteiger charge is 2.35. The molecule has 2 aromatic heterocycles. The Kier molecular flexibility index (Phi) is 5.33. The van der Waals surface area contributed by atoms with Crippen molar-refractivity contribution in [3.8, 4) is 11.6 Å². The molecular formula is C18H18F3N5O4. The molecular weight excluding hydrogens is 407 g/mol. The number of carbonyl (C=O) groups is 1. The average molecular weight is 425 g/mol. The van der Waals surface area contributed by atoms with Crippen LogP contribution in [0, 0.1) is 0 Å². The van der Waals surface area contributed by atoms with Crippen LogP contribution in [-0.2, 0) is 4.79 Å². The zero-order valence-corrected chi connectivity index (χ0v) is 15.6. The van der Waals surface area contributed by atoms with Crippen molar-refractivity contribution < 1.29 is 32.5 Å². The molecule has 0 saturated carbocycles. The predicted molar refractivity (Wildman–Crippen MR) is 97.4 cm³/mol. The van der Waals surface area contributed by atoms with E-state index in [-0.39, 0.29) is 23.6 Å². The third-order valence-electron chi connectivity index (χ3n) is 4.61. The van der Waals surface area contributed by atoms with Gasteiger partial charge in [0.2, 0.25) is 11.8 Å². The highest BCUT2D eigenvalue weighted by molar-refractivity contribution is 5.98. The summed E-state index contributed by atoms with van der Waals surface area (Å²) in [6.45, 7) is -0.0672. The third kappa shape index (κ3) is 4.53. The number of aromatic nitrogens is 3. The summed E-state index contributed by atoms with van der Waals surface area (Å²) in [6, 6.07) is 2.64. The summed E-state index contributed by atoms with van der Waals surface area (Å²) in [5.74, 6) is 0.272. The third-order valence-corrected chi connectivity index (χ3v) is 4.61. The van der Waals surface area contributed by atoms with E-state index in [1.54, 1.807) is 12.4 Å². The van der Waals surface area contributed by atoms with Gasteiger partial charge in [0.15, 0.2) is 12.7 Å². The van der Waals surface area contributed by atoms with Crippen molar-refractivity contribution in [2.75, 3.05) is 36.0 Å². The first-order chi connectivity index (χ1) is 14.3. The van der Waals surface area contributed by atoms with Crippen LogP contribution in [0.25, 0.3) is 0 Å². The van der Waals surface area contributed by atoms with Gasteiger partial charge in [0, 0.05) is 32.1 Å². The lowest BCUT2D eigenvalue weighted by molar-refractivity contribution is -0.154. The quantitative estimate of drug-likeness (QED) is 0.737. The number of pyridine rings is 1. The molecule has 9 nitrogen and oxygen atoms in total. The van der Waals surface area contributed by atoms with Crippen LogP contribution in [0.1, 0.15) is 6.42 Å². The van der Waals surface area contributed by atoms with E-state index >= 15 is 0 Å². The summed E-state index contributed by atoms with van der Waals surface area (Å²) in [7, 11) is 0. The van der Waals surface area contributed by atoms with E-state index in [9.17, 15) is 23.1 Å². The van der Waals surface area contributed by atoms with Crippen molar-refractivity contribution in [2.24, 2.45) is 0 Å². The smallest absolute Gasteiger partial charge is 0.422 e. The Balaban J connectivity index is 1.33. The number of ether oxygens (including phenoxy) is 2. The van der Waals surface area contributed by atoms with E-state index in [0.29, 0.717) is 37.7 Å². The predicted octanol–water partition coefficient (Wildman–Crippen LogP) is 1.18. The molecule has 1 amide bonds. The van der Waals surface area contributed by atoms with Gasteiger partial charge in [-0.3, -0.25) is 4.79 Å². The van der Waals surface area contributed by atoms with E-state index in [2.05, 4.69) is 19.7 Å². The Labute approximate surface area is 169 Å². The van der Waals surface area contributed by atoms with E-state index < -0.39 is 18.9 Å². The summed E-state index contributed by atoms with van der Waals surface area (Å²) >= 11 is 0. The molecule has 160 valence electrons. The molecule has 4 heterocycles. The molecule has 2 aliphatic rings. The number of carbonyl (C=O) groups excluding carboxylic acids is 1. The zero-order valence-electron chi connectivity index (χ0n) is 15.6. The number of β-amino-alcohol motifs (C(OH)–C–C–N with tert-alkyl or cyclic N) is 1. The van der Waals surface area contributed by atoms with Gasteiger partial charge in [0.05, 0.1) is 30.4 Å². The fraction of sp³-hybridized carbons (Fsp3) is 0.444. The summed E-state index contributed by atoms with van der Waals surface area (Å²) in [4.78, 5) is 28.2. The molecule has 1 atom stereocenters. The van der Waals surface area contributed by atoms with Crippen molar-refractivity contribution >= 4 is 17.5 Å². The second-order valence-electron chi connectivity index (χ2n) is 6.92. The lowest BCUT2D eigenvalue weighted by atomic mass is 10.2. The molecule has 0 aliphatic carbocycles. The van der Waals surface area contributed by atoms with Gasteiger partial charge in [-0.15, -0.1) is 0 Å². The lowest BCUT2D eigenvalue weighted by Gasteiger charge is -2.35. The molecule has 0 bridgehead atoms. The minimum atomic E-state index is -4.45. The molecule has 2 aromatic rings. The summed E-state index contributed by atoms with van der Waals surface area (Å²) in [5, 5.41) is 9.35. The Morgan fingerprint density at radius 1 is 1.13 bits per heavy atom. The molecule has 1 N–H and O–H groups in total. The van der Waals surface area contributed by atoms with Crippen molar-refractivity contribution in [3.63, 3.8) is 0 Å². The Bertz CT molecular complexity index is 888. The van der Waals surface area contributed by atoms with Gasteiger partial charge in [-0.2, -0.15) is 13.2 Å². The second kappa shape index (κ2) is 7.94. The largest absolute Gasteiger partial charge is 0.479 e. The minimum Gasteiger partial charge on any atom is -0.479 e. The van der Waals surface area contributed by atoms with E-state index in [1.165, 1.54) is 23.2 Å². The van der Waals surface area contributed by atoms with Crippen LogP contribution in [0.5, 0.6) is 11.6 Å². The number of aliphatic hydroxyl groups is 1. The van der Waals surface area contributed by atoms with Gasteiger partial charge in [-0.05, 0) is 6.07 Å². The number of nitrogens with zero attached hydrogens (tertiary/aromatic N) is 5. The molecule has 12 heteroatoms. The maximum Gasteiger partial charge on any atom is 0.422 e. The first-order valence-corrected chi connectivity index (χ1v) is 9.17. The Morgan fingerprint density at radius 2 is 1.87 bits per heavy atom. The number of amides is 1. The standard InChI is InChI=1S/C18H18F3N5O4/c19-18(20,21)10-29-15-2-1-13(7-22-15)30-14-3-4-26(16(14)28)11-5-23-17(24-6-11)25-8-12(27)9-25/h1-2,5-7,12,14,27H,3-4,8-10H2/t14-/m1/s1. The van der Waals surface area contributed by atoms with Crippen molar-refractivity contribution in [3.05, 3.63) is 30.7 Å². The van der Waals surface area contributed by atoms with Gasteiger partial charge >= 0.3 is 6.18 Å². The van der Waals surface area contributed by atoms with Crippen molar-refractivity contribution in [1.29, 1.82) is 0 Å². The Hall–Kier alpha value is -3.15. The van der Waals surface area contributed by atoms with Gasteiger partial charge in [-0.25, -0.2) is 15.0 Å². The number of hydrogen-bond donors (Lipinski definition) is 1. The van der Waals surface area contributed by atoms with Crippen LogP contribution in [0.15, 0.2) is 30.7 Å².